The van der Waals surface area contributed by atoms with Gasteiger partial charge in [-0.2, -0.15) is 5.26 Å². The van der Waals surface area contributed by atoms with E-state index in [1.165, 1.54) is 0 Å². The summed E-state index contributed by atoms with van der Waals surface area (Å²) in [5, 5.41) is 17.6. The third kappa shape index (κ3) is 1.99. The molecule has 0 aliphatic heterocycles. The molecule has 14 heavy (non-hydrogen) atoms. The third-order valence-electron chi connectivity index (χ3n) is 1.75. The number of anilines is 1. The number of ether oxygens (including phenoxy) is 1. The zero-order valence-corrected chi connectivity index (χ0v) is 8.03. The van der Waals surface area contributed by atoms with Crippen LogP contribution in [0, 0.1) is 18.3 Å². The van der Waals surface area contributed by atoms with Gasteiger partial charge in [0.25, 0.3) is 0 Å². The smallest absolute Gasteiger partial charge is 0.168 e. The highest BCUT2D eigenvalue weighted by atomic mass is 16.5. The van der Waals surface area contributed by atoms with E-state index in [2.05, 4.69) is 4.98 Å². The van der Waals surface area contributed by atoms with Crippen LogP contribution in [0.5, 0.6) is 0 Å². The van der Waals surface area contributed by atoms with Crippen molar-refractivity contribution in [3.8, 4) is 6.07 Å². The van der Waals surface area contributed by atoms with Crippen molar-refractivity contribution in [3.05, 3.63) is 22.9 Å². The first-order valence-electron chi connectivity index (χ1n) is 4.02. The fourth-order valence-electron chi connectivity index (χ4n) is 1.22. The van der Waals surface area contributed by atoms with E-state index < -0.39 is 0 Å². The largest absolute Gasteiger partial charge is 0.380 e. The molecule has 0 atom stereocenters. The molecule has 0 saturated carbocycles. The number of aromatic nitrogens is 1. The van der Waals surface area contributed by atoms with E-state index >= 15 is 0 Å². The Kier molecular flexibility index (Phi) is 3.40. The molecule has 1 aromatic rings. The van der Waals surface area contributed by atoms with E-state index in [0.717, 1.165) is 0 Å². The lowest BCUT2D eigenvalue weighted by Crippen LogP contribution is -2.03. The van der Waals surface area contributed by atoms with Crippen LogP contribution < -0.4 is 5.48 Å². The standard InChI is InChI=1S/C9H11N3O2/c1-6-3-7(5-14-2)8(4-10)9(11-6)12-13/h3,13H,5H2,1-2H3,(H,11,12). The summed E-state index contributed by atoms with van der Waals surface area (Å²) < 4.78 is 4.94. The summed E-state index contributed by atoms with van der Waals surface area (Å²) in [6.07, 6.45) is 0. The molecule has 1 aromatic heterocycles. The highest BCUT2D eigenvalue weighted by Crippen LogP contribution is 2.18. The Labute approximate surface area is 81.9 Å². The lowest BCUT2D eigenvalue weighted by molar-refractivity contribution is 0.184. The van der Waals surface area contributed by atoms with Crippen LogP contribution in [0.3, 0.4) is 0 Å². The zero-order valence-electron chi connectivity index (χ0n) is 8.03. The maximum absolute atomic E-state index is 8.85. The van der Waals surface area contributed by atoms with Gasteiger partial charge < -0.3 is 4.74 Å². The predicted molar refractivity (Wildman–Crippen MR) is 49.8 cm³/mol. The molecule has 0 aliphatic carbocycles. The Hall–Kier alpha value is -1.64. The first-order valence-corrected chi connectivity index (χ1v) is 4.02. The Bertz CT molecular complexity index is 371. The van der Waals surface area contributed by atoms with E-state index in [9.17, 15) is 0 Å². The number of pyridine rings is 1. The van der Waals surface area contributed by atoms with Gasteiger partial charge in [0.2, 0.25) is 0 Å². The molecule has 0 unspecified atom stereocenters. The van der Waals surface area contributed by atoms with Crippen LogP contribution in [0.25, 0.3) is 0 Å². The summed E-state index contributed by atoms with van der Waals surface area (Å²) in [6.45, 7) is 2.10. The number of hydrogen-bond donors (Lipinski definition) is 2. The van der Waals surface area contributed by atoms with Gasteiger partial charge in [0.1, 0.15) is 11.6 Å². The van der Waals surface area contributed by atoms with Crippen LogP contribution in [0.2, 0.25) is 0 Å². The normalized spacial score (nSPS) is 9.57. The first-order chi connectivity index (χ1) is 6.72. The first kappa shape index (κ1) is 10.4. The number of nitrogens with zero attached hydrogens (tertiary/aromatic N) is 2. The summed E-state index contributed by atoms with van der Waals surface area (Å²) in [6, 6.07) is 3.72. The second kappa shape index (κ2) is 4.56. The molecule has 1 rings (SSSR count). The SMILES string of the molecule is COCc1cc(C)nc(NO)c1C#N. The maximum atomic E-state index is 8.85. The monoisotopic (exact) mass is 193 g/mol. The van der Waals surface area contributed by atoms with E-state index in [1.807, 2.05) is 11.5 Å². The molecule has 0 aliphatic rings. The Morgan fingerprint density at radius 3 is 2.93 bits per heavy atom. The third-order valence-corrected chi connectivity index (χ3v) is 1.75. The highest BCUT2D eigenvalue weighted by Gasteiger charge is 2.10. The van der Waals surface area contributed by atoms with Crippen molar-refractivity contribution in [1.82, 2.24) is 4.98 Å². The number of nitrogens with one attached hydrogen (secondary N) is 1. The molecule has 0 fully saturated rings. The van der Waals surface area contributed by atoms with Crippen LogP contribution in [0.1, 0.15) is 16.8 Å². The Morgan fingerprint density at radius 1 is 1.71 bits per heavy atom. The fraction of sp³-hybridized carbons (Fsp3) is 0.333. The van der Waals surface area contributed by atoms with Gasteiger partial charge in [-0.05, 0) is 13.0 Å². The molecule has 0 bridgehead atoms. The molecule has 74 valence electrons. The van der Waals surface area contributed by atoms with Gasteiger partial charge in [0, 0.05) is 18.4 Å². The van der Waals surface area contributed by atoms with Crippen molar-refractivity contribution < 1.29 is 9.94 Å². The van der Waals surface area contributed by atoms with Gasteiger partial charge >= 0.3 is 0 Å². The average molecular weight is 193 g/mol. The molecule has 0 saturated heterocycles. The zero-order chi connectivity index (χ0) is 10.6. The quantitative estimate of drug-likeness (QED) is 0.705. The van der Waals surface area contributed by atoms with Crippen LogP contribution in [-0.4, -0.2) is 17.3 Å². The Morgan fingerprint density at radius 2 is 2.43 bits per heavy atom. The van der Waals surface area contributed by atoms with Crippen LogP contribution in [0.4, 0.5) is 5.82 Å². The van der Waals surface area contributed by atoms with E-state index in [-0.39, 0.29) is 5.82 Å². The van der Waals surface area contributed by atoms with E-state index in [4.69, 9.17) is 15.2 Å². The summed E-state index contributed by atoms with van der Waals surface area (Å²) in [7, 11) is 1.54. The number of aryl methyl sites for hydroxylation is 1. The molecule has 2 N–H and O–H groups in total. The van der Waals surface area contributed by atoms with Crippen LogP contribution in [0.15, 0.2) is 6.07 Å². The minimum absolute atomic E-state index is 0.166. The van der Waals surface area contributed by atoms with Crippen LogP contribution >= 0.6 is 0 Å². The molecular weight excluding hydrogens is 182 g/mol. The van der Waals surface area contributed by atoms with Gasteiger partial charge in [-0.15, -0.1) is 0 Å². The second-order valence-corrected chi connectivity index (χ2v) is 2.80. The second-order valence-electron chi connectivity index (χ2n) is 2.80. The van der Waals surface area contributed by atoms with Gasteiger partial charge in [-0.3, -0.25) is 10.7 Å². The summed E-state index contributed by atoms with van der Waals surface area (Å²) in [5.74, 6) is 0.166. The van der Waals surface area contributed by atoms with Crippen molar-refractivity contribution in [2.24, 2.45) is 0 Å². The van der Waals surface area contributed by atoms with Gasteiger partial charge in [-0.1, -0.05) is 0 Å². The van der Waals surface area contributed by atoms with Crippen LogP contribution in [-0.2, 0) is 11.3 Å². The number of hydrogen-bond acceptors (Lipinski definition) is 5. The molecule has 0 aromatic carbocycles. The molecule has 1 heterocycles. The minimum atomic E-state index is 0.166. The van der Waals surface area contributed by atoms with Gasteiger partial charge in [0.05, 0.1) is 6.61 Å². The Balaban J connectivity index is 3.26. The maximum Gasteiger partial charge on any atom is 0.168 e. The topological polar surface area (TPSA) is 78.2 Å². The van der Waals surface area contributed by atoms with Crippen molar-refractivity contribution >= 4 is 5.82 Å². The van der Waals surface area contributed by atoms with E-state index in [0.29, 0.717) is 23.4 Å². The average Bonchev–Trinajstić information content (AvgIpc) is 2.17. The summed E-state index contributed by atoms with van der Waals surface area (Å²) in [4.78, 5) is 3.97. The molecule has 0 radical (unpaired) electrons. The van der Waals surface area contributed by atoms with Crippen molar-refractivity contribution in [3.63, 3.8) is 0 Å². The molecule has 5 nitrogen and oxygen atoms in total. The molecule has 0 amide bonds. The minimum Gasteiger partial charge on any atom is -0.380 e. The molecular formula is C9H11N3O2. The fourth-order valence-corrected chi connectivity index (χ4v) is 1.22. The number of nitriles is 1. The number of rotatable bonds is 3. The lowest BCUT2D eigenvalue weighted by Gasteiger charge is -2.08. The summed E-state index contributed by atoms with van der Waals surface area (Å²) in [5.41, 5.74) is 3.63. The highest BCUT2D eigenvalue weighted by molar-refractivity contribution is 5.55. The lowest BCUT2D eigenvalue weighted by atomic mass is 10.1. The van der Waals surface area contributed by atoms with Crippen molar-refractivity contribution in [1.29, 1.82) is 5.26 Å². The predicted octanol–water partition coefficient (Wildman–Crippen LogP) is 1.21. The number of methoxy groups -OCH3 is 1. The summed E-state index contributed by atoms with van der Waals surface area (Å²) >= 11 is 0. The van der Waals surface area contributed by atoms with Gasteiger partial charge in [-0.25, -0.2) is 4.98 Å². The van der Waals surface area contributed by atoms with E-state index in [1.54, 1.807) is 20.1 Å². The van der Waals surface area contributed by atoms with Crippen molar-refractivity contribution in [2.75, 3.05) is 12.6 Å². The van der Waals surface area contributed by atoms with Gasteiger partial charge in [0.15, 0.2) is 5.82 Å². The molecule has 0 spiro atoms. The van der Waals surface area contributed by atoms with Crippen molar-refractivity contribution in [2.45, 2.75) is 13.5 Å². The molecule has 5 heteroatoms.